The molecule has 124 valence electrons. The molecule has 0 aromatic heterocycles. The van der Waals surface area contributed by atoms with E-state index in [4.69, 9.17) is 10.2 Å². The van der Waals surface area contributed by atoms with Gasteiger partial charge in [0.25, 0.3) is 0 Å². The summed E-state index contributed by atoms with van der Waals surface area (Å²) in [6.45, 7) is 3.68. The van der Waals surface area contributed by atoms with Crippen molar-refractivity contribution in [2.45, 2.75) is 33.1 Å². The zero-order valence-electron chi connectivity index (χ0n) is 13.0. The summed E-state index contributed by atoms with van der Waals surface area (Å²) in [5, 5.41) is 17.3. The number of hydrogen-bond donors (Lipinski definition) is 2. The first-order valence-electron chi connectivity index (χ1n) is 6.83. The maximum atomic E-state index is 10.6. The topological polar surface area (TPSA) is 109 Å². The van der Waals surface area contributed by atoms with Gasteiger partial charge in [0.1, 0.15) is 9.84 Å². The monoisotopic (exact) mass is 330 g/mol. The van der Waals surface area contributed by atoms with E-state index < -0.39 is 21.8 Å². The normalized spacial score (nSPS) is 10.5. The van der Waals surface area contributed by atoms with Gasteiger partial charge in [0.2, 0.25) is 0 Å². The molecule has 6 nitrogen and oxygen atoms in total. The maximum absolute atomic E-state index is 10.6. The summed E-state index contributed by atoms with van der Waals surface area (Å²) in [4.78, 5) is 21.1. The highest BCUT2D eigenvalue weighted by atomic mass is 32.2. The number of aromatic carboxylic acids is 2. The third kappa shape index (κ3) is 8.41. The molecule has 0 heterocycles. The van der Waals surface area contributed by atoms with Crippen LogP contribution in [0.5, 0.6) is 0 Å². The summed E-state index contributed by atoms with van der Waals surface area (Å²) in [5.41, 5.74) is 0.570. The summed E-state index contributed by atoms with van der Waals surface area (Å²) in [6, 6.07) is 4.01. The van der Waals surface area contributed by atoms with Crippen LogP contribution in [0.1, 0.15) is 52.5 Å². The van der Waals surface area contributed by atoms with Crippen LogP contribution in [0.3, 0.4) is 0 Å². The summed E-state index contributed by atoms with van der Waals surface area (Å²) in [6.07, 6.45) is 4.20. The Morgan fingerprint density at radius 3 is 2.09 bits per heavy atom. The van der Waals surface area contributed by atoms with Crippen molar-refractivity contribution >= 4 is 21.8 Å². The van der Waals surface area contributed by atoms with Crippen LogP contribution in [-0.2, 0) is 9.84 Å². The Morgan fingerprint density at radius 1 is 1.09 bits per heavy atom. The predicted octanol–water partition coefficient (Wildman–Crippen LogP) is 2.61. The Bertz CT molecular complexity index is 619. The van der Waals surface area contributed by atoms with Gasteiger partial charge in [-0.05, 0) is 31.0 Å². The Kier molecular flexibility index (Phi) is 8.40. The standard InChI is InChI=1S/C9H8O4.C6H14O2S/c1-5-2-3-6(8(10)11)4-7(5)9(12)13;1-3-4-5-6-9(2,7)8/h2-4H,1H3,(H,10,11)(H,12,13);3-6H2,1-2H3. The number of aryl methyl sites for hydroxylation is 1. The van der Waals surface area contributed by atoms with E-state index >= 15 is 0 Å². The number of sulfone groups is 1. The van der Waals surface area contributed by atoms with Crippen LogP contribution in [0, 0.1) is 6.92 Å². The van der Waals surface area contributed by atoms with Crippen molar-refractivity contribution in [3.63, 3.8) is 0 Å². The van der Waals surface area contributed by atoms with E-state index in [2.05, 4.69) is 6.92 Å². The molecule has 0 unspecified atom stereocenters. The van der Waals surface area contributed by atoms with Crippen LogP contribution in [0.2, 0.25) is 0 Å². The Labute approximate surface area is 130 Å². The van der Waals surface area contributed by atoms with Crippen LogP contribution in [0.25, 0.3) is 0 Å². The van der Waals surface area contributed by atoms with E-state index in [1.165, 1.54) is 18.4 Å². The second-order valence-electron chi connectivity index (χ2n) is 4.98. The van der Waals surface area contributed by atoms with Gasteiger partial charge in [0, 0.05) is 12.0 Å². The first kappa shape index (κ1) is 20.1. The average Bonchev–Trinajstić information content (AvgIpc) is 2.38. The number of carbonyl (C=O) groups is 2. The molecule has 0 saturated carbocycles. The fourth-order valence-electron chi connectivity index (χ4n) is 1.60. The quantitative estimate of drug-likeness (QED) is 0.776. The zero-order chi connectivity index (χ0) is 17.3. The van der Waals surface area contributed by atoms with E-state index in [1.807, 2.05) is 0 Å². The molecule has 22 heavy (non-hydrogen) atoms. The van der Waals surface area contributed by atoms with Gasteiger partial charge >= 0.3 is 11.9 Å². The number of carboxylic acid groups (broad SMARTS) is 2. The fraction of sp³-hybridized carbons (Fsp3) is 0.467. The Hall–Kier alpha value is -1.89. The van der Waals surface area contributed by atoms with Crippen molar-refractivity contribution in [1.82, 2.24) is 0 Å². The highest BCUT2D eigenvalue weighted by molar-refractivity contribution is 7.90. The van der Waals surface area contributed by atoms with Crippen molar-refractivity contribution in [3.05, 3.63) is 34.9 Å². The molecule has 2 N–H and O–H groups in total. The largest absolute Gasteiger partial charge is 0.478 e. The lowest BCUT2D eigenvalue weighted by molar-refractivity contribution is 0.0695. The van der Waals surface area contributed by atoms with E-state index in [0.29, 0.717) is 11.3 Å². The van der Waals surface area contributed by atoms with Crippen molar-refractivity contribution in [2.75, 3.05) is 12.0 Å². The van der Waals surface area contributed by atoms with Gasteiger partial charge in [-0.15, -0.1) is 0 Å². The van der Waals surface area contributed by atoms with E-state index in [1.54, 1.807) is 6.92 Å². The van der Waals surface area contributed by atoms with Crippen molar-refractivity contribution in [1.29, 1.82) is 0 Å². The Balaban J connectivity index is 0.000000433. The van der Waals surface area contributed by atoms with E-state index in [-0.39, 0.29) is 11.1 Å². The minimum atomic E-state index is -2.70. The highest BCUT2D eigenvalue weighted by Gasteiger charge is 2.10. The summed E-state index contributed by atoms with van der Waals surface area (Å²) in [5.74, 6) is -1.89. The third-order valence-electron chi connectivity index (χ3n) is 2.83. The summed E-state index contributed by atoms with van der Waals surface area (Å²) < 4.78 is 21.0. The lowest BCUT2D eigenvalue weighted by atomic mass is 10.1. The second kappa shape index (κ2) is 9.19. The van der Waals surface area contributed by atoms with E-state index in [9.17, 15) is 18.0 Å². The fourth-order valence-corrected chi connectivity index (χ4v) is 2.33. The van der Waals surface area contributed by atoms with Gasteiger partial charge in [-0.2, -0.15) is 0 Å². The van der Waals surface area contributed by atoms with Crippen molar-refractivity contribution in [3.8, 4) is 0 Å². The molecule has 0 radical (unpaired) electrons. The number of rotatable bonds is 6. The average molecular weight is 330 g/mol. The molecular weight excluding hydrogens is 308 g/mol. The molecule has 0 fully saturated rings. The predicted molar refractivity (Wildman–Crippen MR) is 84.3 cm³/mol. The second-order valence-corrected chi connectivity index (χ2v) is 7.24. The van der Waals surface area contributed by atoms with Crippen LogP contribution in [0.4, 0.5) is 0 Å². The van der Waals surface area contributed by atoms with Gasteiger partial charge in [-0.25, -0.2) is 18.0 Å². The van der Waals surface area contributed by atoms with Crippen LogP contribution >= 0.6 is 0 Å². The van der Waals surface area contributed by atoms with Crippen LogP contribution < -0.4 is 0 Å². The molecule has 1 aromatic rings. The number of benzene rings is 1. The molecule has 0 saturated heterocycles. The molecule has 0 bridgehead atoms. The number of hydrogen-bond acceptors (Lipinski definition) is 4. The molecular formula is C15H22O6S. The van der Waals surface area contributed by atoms with Gasteiger partial charge in [-0.1, -0.05) is 25.8 Å². The van der Waals surface area contributed by atoms with Gasteiger partial charge in [-0.3, -0.25) is 0 Å². The molecule has 0 atom stereocenters. The van der Waals surface area contributed by atoms with Crippen molar-refractivity contribution in [2.24, 2.45) is 0 Å². The lowest BCUT2D eigenvalue weighted by Gasteiger charge is -2.01. The molecule has 0 amide bonds. The molecule has 0 aliphatic carbocycles. The molecule has 1 rings (SSSR count). The minimum Gasteiger partial charge on any atom is -0.478 e. The smallest absolute Gasteiger partial charge is 0.335 e. The summed E-state index contributed by atoms with van der Waals surface area (Å²) in [7, 11) is -2.70. The molecule has 0 aliphatic rings. The number of carboxylic acids is 2. The first-order chi connectivity index (χ1) is 10.1. The van der Waals surface area contributed by atoms with Crippen LogP contribution in [-0.4, -0.2) is 42.6 Å². The SMILES string of the molecule is CCCCCS(C)(=O)=O.Cc1ccc(C(=O)O)cc1C(=O)O. The van der Waals surface area contributed by atoms with Crippen molar-refractivity contribution < 1.29 is 28.2 Å². The lowest BCUT2D eigenvalue weighted by Crippen LogP contribution is -2.03. The highest BCUT2D eigenvalue weighted by Crippen LogP contribution is 2.11. The third-order valence-corrected chi connectivity index (χ3v) is 3.86. The molecule has 7 heteroatoms. The number of unbranched alkanes of at least 4 members (excludes halogenated alkanes) is 2. The molecule has 1 aromatic carbocycles. The van der Waals surface area contributed by atoms with Gasteiger partial charge in [0.15, 0.2) is 0 Å². The molecule has 0 aliphatic heterocycles. The van der Waals surface area contributed by atoms with Crippen LogP contribution in [0.15, 0.2) is 18.2 Å². The maximum Gasteiger partial charge on any atom is 0.335 e. The first-order valence-corrected chi connectivity index (χ1v) is 8.89. The Morgan fingerprint density at radius 2 is 1.68 bits per heavy atom. The van der Waals surface area contributed by atoms with E-state index in [0.717, 1.165) is 25.3 Å². The zero-order valence-corrected chi connectivity index (χ0v) is 13.8. The van der Waals surface area contributed by atoms with Gasteiger partial charge < -0.3 is 10.2 Å². The molecule has 0 spiro atoms. The minimum absolute atomic E-state index is 0.0111. The summed E-state index contributed by atoms with van der Waals surface area (Å²) >= 11 is 0. The van der Waals surface area contributed by atoms with Gasteiger partial charge in [0.05, 0.1) is 11.1 Å².